The standard InChI is InChI=1S/C27H24N6/c1-32-12-10-21(11-13-32)17-33-18-31-27-24(33)16-30-26(23-8-4-20(15-29)5-9-23)25(27)22-6-2-19(14-28)3-7-22/h2-9,16,18,21H,10-13,17H2,1H3. The number of benzene rings is 2. The minimum Gasteiger partial charge on any atom is -0.329 e. The van der Waals surface area contributed by atoms with E-state index in [1.54, 1.807) is 0 Å². The van der Waals surface area contributed by atoms with Gasteiger partial charge in [0.25, 0.3) is 0 Å². The van der Waals surface area contributed by atoms with E-state index in [2.05, 4.69) is 28.7 Å². The van der Waals surface area contributed by atoms with Crippen LogP contribution in [-0.2, 0) is 6.54 Å². The maximum atomic E-state index is 9.22. The van der Waals surface area contributed by atoms with Crippen LogP contribution in [-0.4, -0.2) is 39.6 Å². The number of hydrogen-bond acceptors (Lipinski definition) is 5. The molecule has 0 bridgehead atoms. The third-order valence-electron chi connectivity index (χ3n) is 6.55. The number of aromatic nitrogens is 3. The lowest BCUT2D eigenvalue weighted by molar-refractivity contribution is 0.206. The zero-order valence-corrected chi connectivity index (χ0v) is 18.6. The van der Waals surface area contributed by atoms with Crippen LogP contribution in [0.2, 0.25) is 0 Å². The summed E-state index contributed by atoms with van der Waals surface area (Å²) in [6.45, 7) is 3.21. The van der Waals surface area contributed by atoms with Crippen molar-refractivity contribution in [2.45, 2.75) is 19.4 Å². The molecule has 1 fully saturated rings. The molecular formula is C27H24N6. The summed E-state index contributed by atoms with van der Waals surface area (Å²) >= 11 is 0. The Hall–Kier alpha value is -4.00. The van der Waals surface area contributed by atoms with Gasteiger partial charge in [-0.1, -0.05) is 24.3 Å². The number of rotatable bonds is 4. The van der Waals surface area contributed by atoms with Crippen molar-refractivity contribution in [2.24, 2.45) is 5.92 Å². The molecule has 0 saturated carbocycles. The van der Waals surface area contributed by atoms with E-state index in [1.165, 1.54) is 12.8 Å². The van der Waals surface area contributed by atoms with Crippen molar-refractivity contribution < 1.29 is 0 Å². The van der Waals surface area contributed by atoms with Crippen molar-refractivity contribution in [3.05, 3.63) is 72.2 Å². The minimum absolute atomic E-state index is 0.613. The molecule has 162 valence electrons. The molecule has 4 aromatic rings. The Kier molecular flexibility index (Phi) is 5.60. The van der Waals surface area contributed by atoms with Crippen LogP contribution >= 0.6 is 0 Å². The minimum atomic E-state index is 0.613. The first-order valence-corrected chi connectivity index (χ1v) is 11.2. The van der Waals surface area contributed by atoms with E-state index in [0.29, 0.717) is 17.0 Å². The summed E-state index contributed by atoms with van der Waals surface area (Å²) in [7, 11) is 2.18. The van der Waals surface area contributed by atoms with Crippen LogP contribution in [0.25, 0.3) is 33.4 Å². The average molecular weight is 433 g/mol. The quantitative estimate of drug-likeness (QED) is 0.460. The lowest BCUT2D eigenvalue weighted by atomic mass is 9.96. The summed E-state index contributed by atoms with van der Waals surface area (Å²) in [5.74, 6) is 0.634. The third kappa shape index (κ3) is 4.09. The van der Waals surface area contributed by atoms with Crippen molar-refractivity contribution in [2.75, 3.05) is 20.1 Å². The SMILES string of the molecule is CN1CCC(Cn2cnc3c(-c4ccc(C#N)cc4)c(-c4ccc(C#N)cc4)ncc32)CC1. The summed E-state index contributed by atoms with van der Waals surface area (Å²) in [6, 6.07) is 19.4. The van der Waals surface area contributed by atoms with Gasteiger partial charge in [-0.15, -0.1) is 0 Å². The molecule has 1 aliphatic rings. The normalized spacial score (nSPS) is 14.8. The molecule has 6 nitrogen and oxygen atoms in total. The molecule has 0 spiro atoms. The molecule has 0 aliphatic carbocycles. The van der Waals surface area contributed by atoms with E-state index in [4.69, 9.17) is 15.2 Å². The Morgan fingerprint density at radius 2 is 1.48 bits per heavy atom. The lowest BCUT2D eigenvalue weighted by Crippen LogP contribution is -2.31. The van der Waals surface area contributed by atoms with E-state index >= 15 is 0 Å². The zero-order valence-electron chi connectivity index (χ0n) is 18.6. The van der Waals surface area contributed by atoms with Crippen molar-refractivity contribution in [3.8, 4) is 34.5 Å². The van der Waals surface area contributed by atoms with Gasteiger partial charge in [-0.3, -0.25) is 4.98 Å². The molecule has 0 atom stereocenters. The fourth-order valence-corrected chi connectivity index (χ4v) is 4.60. The van der Waals surface area contributed by atoms with Crippen LogP contribution < -0.4 is 0 Å². The van der Waals surface area contributed by atoms with Crippen LogP contribution in [0.3, 0.4) is 0 Å². The number of likely N-dealkylation sites (tertiary alicyclic amines) is 1. The largest absolute Gasteiger partial charge is 0.329 e. The number of nitriles is 2. The highest BCUT2D eigenvalue weighted by Gasteiger charge is 2.21. The maximum absolute atomic E-state index is 9.22. The number of piperidine rings is 1. The topological polar surface area (TPSA) is 81.5 Å². The molecule has 0 amide bonds. The Morgan fingerprint density at radius 1 is 0.879 bits per heavy atom. The van der Waals surface area contributed by atoms with E-state index in [-0.39, 0.29) is 0 Å². The molecule has 33 heavy (non-hydrogen) atoms. The first kappa shape index (κ1) is 20.9. The lowest BCUT2D eigenvalue weighted by Gasteiger charge is -2.29. The maximum Gasteiger partial charge on any atom is 0.100 e. The van der Waals surface area contributed by atoms with Crippen molar-refractivity contribution >= 4 is 11.0 Å². The number of pyridine rings is 1. The van der Waals surface area contributed by atoms with Gasteiger partial charge in [0.2, 0.25) is 0 Å². The first-order valence-electron chi connectivity index (χ1n) is 11.2. The molecule has 1 saturated heterocycles. The first-order chi connectivity index (χ1) is 16.2. The van der Waals surface area contributed by atoms with Gasteiger partial charge < -0.3 is 9.47 Å². The van der Waals surface area contributed by atoms with E-state index < -0.39 is 0 Å². The fraction of sp³-hybridized carbons (Fsp3) is 0.259. The van der Waals surface area contributed by atoms with E-state index in [0.717, 1.165) is 53.1 Å². The summed E-state index contributed by atoms with van der Waals surface area (Å²) < 4.78 is 2.23. The summed E-state index contributed by atoms with van der Waals surface area (Å²) in [5, 5.41) is 18.4. The van der Waals surface area contributed by atoms with Gasteiger partial charge in [0.15, 0.2) is 0 Å². The second-order valence-electron chi connectivity index (χ2n) is 8.74. The predicted molar refractivity (Wildman–Crippen MR) is 128 cm³/mol. The van der Waals surface area contributed by atoms with Crippen LogP contribution in [0.1, 0.15) is 24.0 Å². The number of hydrogen-bond donors (Lipinski definition) is 0. The number of imidazole rings is 1. The van der Waals surface area contributed by atoms with Crippen molar-refractivity contribution in [1.82, 2.24) is 19.4 Å². The Balaban J connectivity index is 1.62. The zero-order chi connectivity index (χ0) is 22.8. The van der Waals surface area contributed by atoms with Gasteiger partial charge in [-0.2, -0.15) is 10.5 Å². The Labute approximate surface area is 193 Å². The smallest absolute Gasteiger partial charge is 0.100 e. The molecule has 5 rings (SSSR count). The summed E-state index contributed by atoms with van der Waals surface area (Å²) in [5.41, 5.74) is 6.82. The monoisotopic (exact) mass is 432 g/mol. The van der Waals surface area contributed by atoms with E-state index in [9.17, 15) is 5.26 Å². The predicted octanol–water partition coefficient (Wildman–Crippen LogP) is 4.85. The van der Waals surface area contributed by atoms with Gasteiger partial charge in [0, 0.05) is 17.7 Å². The van der Waals surface area contributed by atoms with Gasteiger partial charge in [0.1, 0.15) is 5.52 Å². The molecule has 0 N–H and O–H groups in total. The summed E-state index contributed by atoms with van der Waals surface area (Å²) in [4.78, 5) is 12.1. The molecule has 6 heteroatoms. The molecule has 0 unspecified atom stereocenters. The van der Waals surface area contributed by atoms with Gasteiger partial charge in [0.05, 0.1) is 47.0 Å². The summed E-state index contributed by atoms with van der Waals surface area (Å²) in [6.07, 6.45) is 6.23. The van der Waals surface area contributed by atoms with Crippen molar-refractivity contribution in [1.29, 1.82) is 10.5 Å². The highest BCUT2D eigenvalue weighted by molar-refractivity contribution is 5.99. The highest BCUT2D eigenvalue weighted by Crippen LogP contribution is 2.36. The second-order valence-corrected chi connectivity index (χ2v) is 8.74. The second kappa shape index (κ2) is 8.86. The van der Waals surface area contributed by atoms with Gasteiger partial charge in [-0.25, -0.2) is 4.98 Å². The molecule has 2 aromatic heterocycles. The fourth-order valence-electron chi connectivity index (χ4n) is 4.60. The van der Waals surface area contributed by atoms with Gasteiger partial charge >= 0.3 is 0 Å². The van der Waals surface area contributed by atoms with Crippen LogP contribution in [0.15, 0.2) is 61.1 Å². The van der Waals surface area contributed by atoms with Crippen LogP contribution in [0, 0.1) is 28.6 Å². The Bertz CT molecular complexity index is 1360. The number of nitrogens with zero attached hydrogens (tertiary/aromatic N) is 6. The molecular weight excluding hydrogens is 408 g/mol. The molecule has 2 aromatic carbocycles. The highest BCUT2D eigenvalue weighted by atomic mass is 15.1. The molecule has 1 aliphatic heterocycles. The third-order valence-corrected chi connectivity index (χ3v) is 6.55. The van der Waals surface area contributed by atoms with Gasteiger partial charge in [-0.05, 0) is 68.7 Å². The molecule has 0 radical (unpaired) electrons. The van der Waals surface area contributed by atoms with E-state index in [1.807, 2.05) is 61.1 Å². The molecule has 3 heterocycles. The Morgan fingerprint density at radius 3 is 2.09 bits per heavy atom. The van der Waals surface area contributed by atoms with Crippen LogP contribution in [0.5, 0.6) is 0 Å². The number of fused-ring (bicyclic) bond motifs is 1. The average Bonchev–Trinajstić information content (AvgIpc) is 3.27. The van der Waals surface area contributed by atoms with Crippen molar-refractivity contribution in [3.63, 3.8) is 0 Å². The van der Waals surface area contributed by atoms with Crippen LogP contribution in [0.4, 0.5) is 0 Å².